The Morgan fingerprint density at radius 3 is 2.60 bits per heavy atom. The molecule has 0 saturated heterocycles. The lowest BCUT2D eigenvalue weighted by Crippen LogP contribution is -2.42. The Hall–Kier alpha value is -2.10. The number of benzene rings is 1. The maximum atomic E-state index is 12.6. The highest BCUT2D eigenvalue weighted by molar-refractivity contribution is 5.87. The van der Waals surface area contributed by atoms with Gasteiger partial charge >= 0.3 is 0 Å². The molecule has 4 nitrogen and oxygen atoms in total. The van der Waals surface area contributed by atoms with Crippen LogP contribution in [-0.4, -0.2) is 15.9 Å². The quantitative estimate of drug-likeness (QED) is 0.878. The van der Waals surface area contributed by atoms with Gasteiger partial charge in [-0.3, -0.25) is 4.79 Å². The highest BCUT2D eigenvalue weighted by Gasteiger charge is 2.31. The molecule has 1 aromatic carbocycles. The molecular formula is C16H21N3O. The number of carbonyl (C=O) groups excluding carboxylic acids is 1. The molecule has 0 spiro atoms. The lowest BCUT2D eigenvalue weighted by Gasteiger charge is -2.26. The summed E-state index contributed by atoms with van der Waals surface area (Å²) in [6.45, 7) is 5.90. The average molecular weight is 271 g/mol. The molecule has 0 aliphatic carbocycles. The molecule has 1 heterocycles. The van der Waals surface area contributed by atoms with Crippen molar-refractivity contribution in [2.75, 3.05) is 0 Å². The summed E-state index contributed by atoms with van der Waals surface area (Å²) in [6.07, 6.45) is 4.27. The van der Waals surface area contributed by atoms with Crippen molar-refractivity contribution in [2.45, 2.75) is 38.6 Å². The van der Waals surface area contributed by atoms with Crippen LogP contribution in [0.1, 0.15) is 44.6 Å². The molecule has 1 aromatic heterocycles. The fourth-order valence-corrected chi connectivity index (χ4v) is 2.16. The number of aromatic amines is 1. The topological polar surface area (TPSA) is 57.8 Å². The van der Waals surface area contributed by atoms with E-state index in [9.17, 15) is 4.79 Å². The summed E-state index contributed by atoms with van der Waals surface area (Å²) < 4.78 is 0. The van der Waals surface area contributed by atoms with E-state index in [0.29, 0.717) is 0 Å². The van der Waals surface area contributed by atoms with Gasteiger partial charge in [0.15, 0.2) is 0 Å². The molecule has 106 valence electrons. The summed E-state index contributed by atoms with van der Waals surface area (Å²) in [5, 5.41) is 3.08. The maximum absolute atomic E-state index is 12.6. The highest BCUT2D eigenvalue weighted by atomic mass is 16.2. The first-order valence-electron chi connectivity index (χ1n) is 6.91. The predicted molar refractivity (Wildman–Crippen MR) is 79.2 cm³/mol. The van der Waals surface area contributed by atoms with Gasteiger partial charge in [0.1, 0.15) is 5.82 Å². The third-order valence-corrected chi connectivity index (χ3v) is 3.63. The number of amides is 1. The van der Waals surface area contributed by atoms with Gasteiger partial charge in [-0.2, -0.15) is 0 Å². The smallest absolute Gasteiger partial charge is 0.230 e. The van der Waals surface area contributed by atoms with Crippen LogP contribution in [0, 0.1) is 0 Å². The molecule has 0 aliphatic rings. The number of nitrogens with zero attached hydrogens (tertiary/aromatic N) is 1. The van der Waals surface area contributed by atoms with E-state index in [0.717, 1.165) is 17.8 Å². The van der Waals surface area contributed by atoms with Gasteiger partial charge in [0.2, 0.25) is 5.91 Å². The van der Waals surface area contributed by atoms with Crippen LogP contribution in [0.5, 0.6) is 0 Å². The van der Waals surface area contributed by atoms with Crippen LogP contribution in [0.3, 0.4) is 0 Å². The predicted octanol–water partition coefficient (Wildman–Crippen LogP) is 2.95. The Morgan fingerprint density at radius 2 is 2.05 bits per heavy atom. The van der Waals surface area contributed by atoms with Crippen LogP contribution in [0.2, 0.25) is 0 Å². The monoisotopic (exact) mass is 271 g/mol. The van der Waals surface area contributed by atoms with Crippen molar-refractivity contribution in [3.63, 3.8) is 0 Å². The second kappa shape index (κ2) is 5.90. The molecule has 0 bridgehead atoms. The Kier molecular flexibility index (Phi) is 4.23. The van der Waals surface area contributed by atoms with Gasteiger partial charge < -0.3 is 10.3 Å². The zero-order chi connectivity index (χ0) is 14.6. The van der Waals surface area contributed by atoms with Crippen molar-refractivity contribution >= 4 is 5.91 Å². The molecule has 0 fully saturated rings. The minimum atomic E-state index is -0.568. The Balaban J connectivity index is 2.15. The first-order chi connectivity index (χ1) is 9.55. The van der Waals surface area contributed by atoms with Gasteiger partial charge in [-0.1, -0.05) is 37.3 Å². The molecule has 1 amide bonds. The second-order valence-electron chi connectivity index (χ2n) is 5.40. The summed E-state index contributed by atoms with van der Waals surface area (Å²) in [4.78, 5) is 19.9. The number of H-pyrrole nitrogens is 1. The fraction of sp³-hybridized carbons (Fsp3) is 0.375. The lowest BCUT2D eigenvalue weighted by atomic mass is 9.83. The molecule has 2 aromatic rings. The molecule has 20 heavy (non-hydrogen) atoms. The summed E-state index contributed by atoms with van der Waals surface area (Å²) in [5.41, 5.74) is 0.438. The standard InChI is InChI=1S/C16H21N3O/c1-4-13(14-17-10-11-18-14)19-15(20)16(2,3)12-8-6-5-7-9-12/h5-11,13H,4H2,1-3H3,(H,17,18)(H,19,20). The number of rotatable bonds is 5. The maximum Gasteiger partial charge on any atom is 0.230 e. The van der Waals surface area contributed by atoms with E-state index in [1.807, 2.05) is 51.1 Å². The van der Waals surface area contributed by atoms with E-state index in [-0.39, 0.29) is 11.9 Å². The normalized spacial score (nSPS) is 12.9. The zero-order valence-corrected chi connectivity index (χ0v) is 12.2. The number of aromatic nitrogens is 2. The molecule has 0 radical (unpaired) electrons. The number of carbonyl (C=O) groups is 1. The lowest BCUT2D eigenvalue weighted by molar-refractivity contribution is -0.126. The minimum absolute atomic E-state index is 0.00644. The van der Waals surface area contributed by atoms with Crippen molar-refractivity contribution in [1.29, 1.82) is 0 Å². The van der Waals surface area contributed by atoms with Crippen LogP contribution in [-0.2, 0) is 10.2 Å². The Morgan fingerprint density at radius 1 is 1.35 bits per heavy atom. The SMILES string of the molecule is CCC(NC(=O)C(C)(C)c1ccccc1)c1ncc[nH]1. The van der Waals surface area contributed by atoms with Gasteiger partial charge in [-0.05, 0) is 25.8 Å². The van der Waals surface area contributed by atoms with Crippen LogP contribution in [0.15, 0.2) is 42.7 Å². The molecular weight excluding hydrogens is 250 g/mol. The molecule has 1 unspecified atom stereocenters. The van der Waals surface area contributed by atoms with Gasteiger partial charge in [0, 0.05) is 12.4 Å². The summed E-state index contributed by atoms with van der Waals surface area (Å²) >= 11 is 0. The van der Waals surface area contributed by atoms with Crippen LogP contribution in [0.4, 0.5) is 0 Å². The van der Waals surface area contributed by atoms with E-state index >= 15 is 0 Å². The molecule has 0 aliphatic heterocycles. The molecule has 1 atom stereocenters. The number of hydrogen-bond donors (Lipinski definition) is 2. The van der Waals surface area contributed by atoms with E-state index in [1.165, 1.54) is 0 Å². The van der Waals surface area contributed by atoms with Gasteiger partial charge in [0.05, 0.1) is 11.5 Å². The Labute approximate surface area is 119 Å². The van der Waals surface area contributed by atoms with E-state index < -0.39 is 5.41 Å². The molecule has 4 heteroatoms. The van der Waals surface area contributed by atoms with E-state index in [4.69, 9.17) is 0 Å². The number of imidazole rings is 1. The first kappa shape index (κ1) is 14.3. The summed E-state index contributed by atoms with van der Waals surface area (Å²) in [7, 11) is 0. The van der Waals surface area contributed by atoms with Crippen molar-refractivity contribution in [3.8, 4) is 0 Å². The van der Waals surface area contributed by atoms with Crippen molar-refractivity contribution in [1.82, 2.24) is 15.3 Å². The van der Waals surface area contributed by atoms with Gasteiger partial charge in [0.25, 0.3) is 0 Å². The van der Waals surface area contributed by atoms with Crippen LogP contribution in [0.25, 0.3) is 0 Å². The molecule has 2 rings (SSSR count). The van der Waals surface area contributed by atoms with E-state index in [1.54, 1.807) is 12.4 Å². The minimum Gasteiger partial charge on any atom is -0.347 e. The van der Waals surface area contributed by atoms with Crippen LogP contribution >= 0.6 is 0 Å². The van der Waals surface area contributed by atoms with E-state index in [2.05, 4.69) is 15.3 Å². The highest BCUT2D eigenvalue weighted by Crippen LogP contribution is 2.24. The summed E-state index contributed by atoms with van der Waals surface area (Å²) in [6, 6.07) is 9.73. The van der Waals surface area contributed by atoms with Crippen molar-refractivity contribution in [3.05, 3.63) is 54.1 Å². The Bertz CT molecular complexity index is 546. The second-order valence-corrected chi connectivity index (χ2v) is 5.40. The third-order valence-electron chi connectivity index (χ3n) is 3.63. The first-order valence-corrected chi connectivity index (χ1v) is 6.91. The van der Waals surface area contributed by atoms with Crippen molar-refractivity contribution < 1.29 is 4.79 Å². The van der Waals surface area contributed by atoms with Crippen molar-refractivity contribution in [2.24, 2.45) is 0 Å². The third kappa shape index (κ3) is 2.90. The largest absolute Gasteiger partial charge is 0.347 e. The zero-order valence-electron chi connectivity index (χ0n) is 12.2. The average Bonchev–Trinajstić information content (AvgIpc) is 2.99. The molecule has 0 saturated carbocycles. The van der Waals surface area contributed by atoms with Crippen LogP contribution < -0.4 is 5.32 Å². The summed E-state index contributed by atoms with van der Waals surface area (Å²) in [5.74, 6) is 0.802. The number of hydrogen-bond acceptors (Lipinski definition) is 2. The molecule has 2 N–H and O–H groups in total. The number of nitrogens with one attached hydrogen (secondary N) is 2. The fourth-order valence-electron chi connectivity index (χ4n) is 2.16. The van der Waals surface area contributed by atoms with Gasteiger partial charge in [-0.15, -0.1) is 0 Å². The van der Waals surface area contributed by atoms with Gasteiger partial charge in [-0.25, -0.2) is 4.98 Å².